The van der Waals surface area contributed by atoms with Crippen molar-refractivity contribution < 1.29 is 23.8 Å². The minimum absolute atomic E-state index is 0.0765. The second-order valence-electron chi connectivity index (χ2n) is 5.96. The highest BCUT2D eigenvalue weighted by atomic mass is 16.5. The average Bonchev–Trinajstić information content (AvgIpc) is 2.66. The largest absolute Gasteiger partial charge is 0.496 e. The molecule has 2 rings (SSSR count). The van der Waals surface area contributed by atoms with Crippen molar-refractivity contribution in [3.63, 3.8) is 0 Å². The van der Waals surface area contributed by atoms with E-state index >= 15 is 0 Å². The Bertz CT molecular complexity index is 765. The Kier molecular flexibility index (Phi) is 7.05. The van der Waals surface area contributed by atoms with Gasteiger partial charge in [0.2, 0.25) is 5.91 Å². The molecule has 27 heavy (non-hydrogen) atoms. The third-order valence-corrected chi connectivity index (χ3v) is 3.57. The van der Waals surface area contributed by atoms with Crippen molar-refractivity contribution in [2.24, 2.45) is 0 Å². The third-order valence-electron chi connectivity index (χ3n) is 3.57. The van der Waals surface area contributed by atoms with Gasteiger partial charge >= 0.3 is 0 Å². The smallest absolute Gasteiger partial charge is 0.259 e. The highest BCUT2D eigenvalue weighted by Crippen LogP contribution is 2.27. The van der Waals surface area contributed by atoms with Gasteiger partial charge in [-0.15, -0.1) is 0 Å². The van der Waals surface area contributed by atoms with Crippen LogP contribution in [0.25, 0.3) is 0 Å². The van der Waals surface area contributed by atoms with Crippen LogP contribution >= 0.6 is 0 Å². The van der Waals surface area contributed by atoms with Crippen LogP contribution in [0.5, 0.6) is 17.2 Å². The zero-order valence-electron chi connectivity index (χ0n) is 15.9. The van der Waals surface area contributed by atoms with Crippen LogP contribution < -0.4 is 24.8 Å². The van der Waals surface area contributed by atoms with Gasteiger partial charge in [-0.05, 0) is 50.2 Å². The quantitative estimate of drug-likeness (QED) is 0.744. The van der Waals surface area contributed by atoms with Crippen molar-refractivity contribution in [3.8, 4) is 17.2 Å². The lowest BCUT2D eigenvalue weighted by Crippen LogP contribution is -2.33. The number of methoxy groups -OCH3 is 2. The van der Waals surface area contributed by atoms with Gasteiger partial charge in [0.25, 0.3) is 5.91 Å². The van der Waals surface area contributed by atoms with Crippen molar-refractivity contribution in [1.82, 2.24) is 5.32 Å². The van der Waals surface area contributed by atoms with Crippen LogP contribution in [0, 0.1) is 0 Å². The topological polar surface area (TPSA) is 85.9 Å². The molecule has 2 aromatic carbocycles. The van der Waals surface area contributed by atoms with Crippen molar-refractivity contribution in [2.45, 2.75) is 20.0 Å². The molecule has 0 aromatic heterocycles. The first kappa shape index (κ1) is 20.1. The molecule has 7 heteroatoms. The molecule has 0 heterocycles. The zero-order chi connectivity index (χ0) is 19.8. The first-order chi connectivity index (χ1) is 12.9. The van der Waals surface area contributed by atoms with Crippen molar-refractivity contribution >= 4 is 17.5 Å². The van der Waals surface area contributed by atoms with Gasteiger partial charge in [0.15, 0.2) is 0 Å². The summed E-state index contributed by atoms with van der Waals surface area (Å²) in [5.41, 5.74) is 0.853. The van der Waals surface area contributed by atoms with E-state index in [-0.39, 0.29) is 24.1 Å². The van der Waals surface area contributed by atoms with Crippen LogP contribution in [-0.2, 0) is 4.79 Å². The molecule has 2 amide bonds. The lowest BCUT2D eigenvalue weighted by Gasteiger charge is -2.13. The number of carbonyl (C=O) groups is 2. The number of hydrogen-bond acceptors (Lipinski definition) is 5. The van der Waals surface area contributed by atoms with Crippen LogP contribution in [-0.4, -0.2) is 38.7 Å². The molecular weight excluding hydrogens is 348 g/mol. The fraction of sp³-hybridized carbons (Fsp3) is 0.300. The molecule has 144 valence electrons. The molecule has 0 aliphatic rings. The second-order valence-corrected chi connectivity index (χ2v) is 5.96. The maximum absolute atomic E-state index is 12.4. The summed E-state index contributed by atoms with van der Waals surface area (Å²) in [6, 6.07) is 12.0. The van der Waals surface area contributed by atoms with Gasteiger partial charge < -0.3 is 24.8 Å². The first-order valence-corrected chi connectivity index (χ1v) is 8.50. The molecule has 0 spiro atoms. The Hall–Kier alpha value is -3.22. The number of carbonyl (C=O) groups excluding carboxylic acids is 2. The Morgan fingerprint density at radius 2 is 1.56 bits per heavy atom. The van der Waals surface area contributed by atoms with Crippen LogP contribution in [0.15, 0.2) is 42.5 Å². The van der Waals surface area contributed by atoms with Gasteiger partial charge in [-0.25, -0.2) is 0 Å². The molecule has 0 bridgehead atoms. The molecule has 7 nitrogen and oxygen atoms in total. The van der Waals surface area contributed by atoms with Crippen LogP contribution in [0.2, 0.25) is 0 Å². The van der Waals surface area contributed by atoms with Crippen LogP contribution in [0.4, 0.5) is 5.69 Å². The summed E-state index contributed by atoms with van der Waals surface area (Å²) in [6.07, 6.45) is 0.0765. The molecule has 0 unspecified atom stereocenters. The number of nitrogens with one attached hydrogen (secondary N) is 2. The van der Waals surface area contributed by atoms with Crippen molar-refractivity contribution in [3.05, 3.63) is 48.0 Å². The minimum atomic E-state index is -0.458. The molecule has 0 fully saturated rings. The van der Waals surface area contributed by atoms with Gasteiger partial charge in [-0.3, -0.25) is 9.59 Å². The Balaban J connectivity index is 1.95. The predicted octanol–water partition coefficient (Wildman–Crippen LogP) is 2.86. The normalized spacial score (nSPS) is 10.3. The molecule has 0 radical (unpaired) electrons. The van der Waals surface area contributed by atoms with Crippen LogP contribution in [0.1, 0.15) is 24.2 Å². The molecule has 0 saturated heterocycles. The number of ether oxygens (including phenoxy) is 3. The van der Waals surface area contributed by atoms with E-state index in [2.05, 4.69) is 10.6 Å². The van der Waals surface area contributed by atoms with Gasteiger partial charge in [0.1, 0.15) is 22.8 Å². The molecule has 0 atom stereocenters. The van der Waals surface area contributed by atoms with Gasteiger partial charge in [0, 0.05) is 5.69 Å². The van der Waals surface area contributed by atoms with Crippen molar-refractivity contribution in [2.75, 3.05) is 26.1 Å². The van der Waals surface area contributed by atoms with Gasteiger partial charge in [0.05, 0.1) is 26.9 Å². The van der Waals surface area contributed by atoms with Gasteiger partial charge in [-0.1, -0.05) is 6.07 Å². The maximum Gasteiger partial charge on any atom is 0.259 e. The number of hydrogen-bond donors (Lipinski definition) is 2. The summed E-state index contributed by atoms with van der Waals surface area (Å²) in [6.45, 7) is 3.69. The SMILES string of the molecule is COc1cccc(OC)c1C(=O)NCC(=O)Nc1ccc(OC(C)C)cc1. The Morgan fingerprint density at radius 1 is 0.963 bits per heavy atom. The number of anilines is 1. The summed E-state index contributed by atoms with van der Waals surface area (Å²) in [5, 5.41) is 5.28. The summed E-state index contributed by atoms with van der Waals surface area (Å²) in [5.74, 6) is 0.649. The summed E-state index contributed by atoms with van der Waals surface area (Å²) in [7, 11) is 2.93. The fourth-order valence-corrected chi connectivity index (χ4v) is 2.42. The summed E-state index contributed by atoms with van der Waals surface area (Å²) < 4.78 is 15.9. The number of rotatable bonds is 8. The van der Waals surface area contributed by atoms with E-state index in [0.717, 1.165) is 5.75 Å². The van der Waals surface area contributed by atoms with E-state index < -0.39 is 5.91 Å². The molecule has 0 aliphatic carbocycles. The molecule has 2 aromatic rings. The maximum atomic E-state index is 12.4. The van der Waals surface area contributed by atoms with E-state index in [0.29, 0.717) is 17.2 Å². The average molecular weight is 372 g/mol. The van der Waals surface area contributed by atoms with Crippen molar-refractivity contribution in [1.29, 1.82) is 0 Å². The van der Waals surface area contributed by atoms with Crippen LogP contribution in [0.3, 0.4) is 0 Å². The Labute approximate surface area is 158 Å². The summed E-state index contributed by atoms with van der Waals surface area (Å²) in [4.78, 5) is 24.5. The molecular formula is C20H24N2O5. The highest BCUT2D eigenvalue weighted by molar-refractivity contribution is 6.02. The third kappa shape index (κ3) is 5.64. The fourth-order valence-electron chi connectivity index (χ4n) is 2.42. The lowest BCUT2D eigenvalue weighted by atomic mass is 10.1. The van der Waals surface area contributed by atoms with E-state index in [1.165, 1.54) is 14.2 Å². The number of amides is 2. The van der Waals surface area contributed by atoms with Gasteiger partial charge in [-0.2, -0.15) is 0 Å². The Morgan fingerprint density at radius 3 is 2.07 bits per heavy atom. The molecule has 2 N–H and O–H groups in total. The molecule has 0 saturated carbocycles. The van der Waals surface area contributed by atoms with E-state index in [9.17, 15) is 9.59 Å². The standard InChI is InChI=1S/C20H24N2O5/c1-13(2)27-15-10-8-14(9-11-15)22-18(23)12-21-20(24)19-16(25-3)6-5-7-17(19)26-4/h5-11,13H,12H2,1-4H3,(H,21,24)(H,22,23). The second kappa shape index (κ2) is 9.47. The minimum Gasteiger partial charge on any atom is -0.496 e. The summed E-state index contributed by atoms with van der Waals surface area (Å²) >= 11 is 0. The van der Waals surface area contributed by atoms with E-state index in [1.54, 1.807) is 42.5 Å². The first-order valence-electron chi connectivity index (χ1n) is 8.50. The monoisotopic (exact) mass is 372 g/mol. The lowest BCUT2D eigenvalue weighted by molar-refractivity contribution is -0.115. The van der Waals surface area contributed by atoms with E-state index in [1.807, 2.05) is 13.8 Å². The predicted molar refractivity (Wildman–Crippen MR) is 103 cm³/mol. The highest BCUT2D eigenvalue weighted by Gasteiger charge is 2.18. The molecule has 0 aliphatic heterocycles. The van der Waals surface area contributed by atoms with E-state index in [4.69, 9.17) is 14.2 Å². The zero-order valence-corrected chi connectivity index (χ0v) is 15.9. The number of benzene rings is 2.